The fraction of sp³-hybridized carbons (Fsp3) is 0.185. The van der Waals surface area contributed by atoms with E-state index in [1.54, 1.807) is 48.5 Å². The zero-order chi connectivity index (χ0) is 26.3. The number of primary amides is 1. The van der Waals surface area contributed by atoms with Gasteiger partial charge in [-0.1, -0.05) is 42.5 Å². The standard InChI is InChI=1S/C17H18N4O3.C10H12O2/c18-15(22)10-3-11-1-8-14(9-2-11)24-16(23)12-4-6-13(7-5-12)21-17(19)20;11-10(12)8-4-7-9-5-2-1-3-6-9/h1-2,4-9H,3,10H2,(H2,18,22)(H4,19,20,21);1-3,5-6H,4,7-8H2,(H,11,12). The molecule has 0 spiro atoms. The Bertz CT molecular complexity index is 1160. The lowest BCUT2D eigenvalue weighted by atomic mass is 10.1. The lowest BCUT2D eigenvalue weighted by molar-refractivity contribution is -0.137. The molecule has 0 radical (unpaired) electrons. The Hall–Kier alpha value is -4.66. The normalized spacial score (nSPS) is 9.89. The van der Waals surface area contributed by atoms with E-state index in [4.69, 9.17) is 27.0 Å². The summed E-state index contributed by atoms with van der Waals surface area (Å²) in [6, 6.07) is 23.2. The smallest absolute Gasteiger partial charge is 0.343 e. The van der Waals surface area contributed by atoms with Crippen molar-refractivity contribution in [2.24, 2.45) is 22.2 Å². The monoisotopic (exact) mass is 490 g/mol. The summed E-state index contributed by atoms with van der Waals surface area (Å²) in [5.74, 6) is -1.20. The Morgan fingerprint density at radius 3 is 1.92 bits per heavy atom. The number of hydrogen-bond donors (Lipinski definition) is 4. The largest absolute Gasteiger partial charge is 0.481 e. The van der Waals surface area contributed by atoms with Gasteiger partial charge in [0.25, 0.3) is 0 Å². The molecule has 3 aromatic rings. The number of carboxylic acids is 1. The van der Waals surface area contributed by atoms with Crippen LogP contribution >= 0.6 is 0 Å². The first kappa shape index (κ1) is 27.6. The van der Waals surface area contributed by atoms with Crippen molar-refractivity contribution in [1.82, 2.24) is 0 Å². The second kappa shape index (κ2) is 14.6. The van der Waals surface area contributed by atoms with Crippen molar-refractivity contribution in [3.05, 3.63) is 95.6 Å². The highest BCUT2D eigenvalue weighted by Gasteiger charge is 2.09. The molecule has 0 aliphatic rings. The average molecular weight is 491 g/mol. The number of carbonyl (C=O) groups excluding carboxylic acids is 2. The summed E-state index contributed by atoms with van der Waals surface area (Å²) in [4.78, 5) is 36.9. The lowest BCUT2D eigenvalue weighted by Gasteiger charge is -2.06. The molecular weight excluding hydrogens is 460 g/mol. The van der Waals surface area contributed by atoms with Gasteiger partial charge in [0.2, 0.25) is 5.91 Å². The van der Waals surface area contributed by atoms with Crippen molar-refractivity contribution in [3.63, 3.8) is 0 Å². The van der Waals surface area contributed by atoms with Crippen LogP contribution in [0.15, 0.2) is 83.9 Å². The molecule has 7 N–H and O–H groups in total. The minimum Gasteiger partial charge on any atom is -0.481 e. The summed E-state index contributed by atoms with van der Waals surface area (Å²) >= 11 is 0. The number of amides is 1. The van der Waals surface area contributed by atoms with Crippen molar-refractivity contribution in [3.8, 4) is 5.75 Å². The van der Waals surface area contributed by atoms with Gasteiger partial charge in [-0.05, 0) is 66.8 Å². The van der Waals surface area contributed by atoms with Crippen molar-refractivity contribution in [2.45, 2.75) is 32.1 Å². The molecule has 1 amide bonds. The molecule has 0 bridgehead atoms. The minimum atomic E-state index is -0.717. The molecule has 3 aromatic carbocycles. The van der Waals surface area contributed by atoms with E-state index >= 15 is 0 Å². The van der Waals surface area contributed by atoms with Gasteiger partial charge in [-0.2, -0.15) is 0 Å². The number of guanidine groups is 1. The number of nitrogens with two attached hydrogens (primary N) is 3. The van der Waals surface area contributed by atoms with Gasteiger partial charge < -0.3 is 27.0 Å². The second-order valence-electron chi connectivity index (χ2n) is 7.82. The Kier molecular flexibility index (Phi) is 11.2. The number of aliphatic carboxylic acids is 1. The SMILES string of the molecule is NC(=O)CCc1ccc(OC(=O)c2ccc(N=C(N)N)cc2)cc1.O=C(O)CCCc1ccccc1. The Labute approximate surface area is 209 Å². The van der Waals surface area contributed by atoms with Crippen LogP contribution in [0.1, 0.15) is 40.7 Å². The number of nitrogens with zero attached hydrogens (tertiary/aromatic N) is 1. The van der Waals surface area contributed by atoms with Gasteiger partial charge in [-0.15, -0.1) is 0 Å². The van der Waals surface area contributed by atoms with Crippen molar-refractivity contribution < 1.29 is 24.2 Å². The Balaban J connectivity index is 0.000000319. The van der Waals surface area contributed by atoms with Gasteiger partial charge in [0.1, 0.15) is 5.75 Å². The quantitative estimate of drug-likeness (QED) is 0.146. The summed E-state index contributed by atoms with van der Waals surface area (Å²) in [6.45, 7) is 0. The predicted octanol–water partition coefficient (Wildman–Crippen LogP) is 3.32. The first-order chi connectivity index (χ1) is 17.2. The van der Waals surface area contributed by atoms with E-state index in [-0.39, 0.29) is 24.7 Å². The molecule has 3 rings (SSSR count). The molecule has 36 heavy (non-hydrogen) atoms. The highest BCUT2D eigenvalue weighted by molar-refractivity contribution is 5.91. The molecule has 0 fully saturated rings. The number of rotatable bonds is 10. The summed E-state index contributed by atoms with van der Waals surface area (Å²) in [5, 5.41) is 8.39. The van der Waals surface area contributed by atoms with E-state index in [1.807, 2.05) is 30.3 Å². The number of hydrogen-bond acceptors (Lipinski definition) is 5. The van der Waals surface area contributed by atoms with Crippen LogP contribution in [0.25, 0.3) is 0 Å². The third-order valence-corrected chi connectivity index (χ3v) is 4.85. The van der Waals surface area contributed by atoms with Crippen LogP contribution in [0.2, 0.25) is 0 Å². The molecular formula is C27H30N4O5. The van der Waals surface area contributed by atoms with E-state index < -0.39 is 11.9 Å². The van der Waals surface area contributed by atoms with Crippen LogP contribution in [0.5, 0.6) is 5.75 Å². The topological polar surface area (TPSA) is 171 Å². The Morgan fingerprint density at radius 2 is 1.36 bits per heavy atom. The molecule has 0 aliphatic heterocycles. The van der Waals surface area contributed by atoms with Gasteiger partial charge in [-0.3, -0.25) is 9.59 Å². The average Bonchev–Trinajstić information content (AvgIpc) is 2.84. The van der Waals surface area contributed by atoms with Gasteiger partial charge in [0.05, 0.1) is 11.3 Å². The fourth-order valence-electron chi connectivity index (χ4n) is 3.07. The second-order valence-corrected chi connectivity index (χ2v) is 7.82. The Morgan fingerprint density at radius 1 is 0.750 bits per heavy atom. The van der Waals surface area contributed by atoms with Crippen molar-refractivity contribution in [2.75, 3.05) is 0 Å². The van der Waals surface area contributed by atoms with Gasteiger partial charge in [-0.25, -0.2) is 9.79 Å². The third-order valence-electron chi connectivity index (χ3n) is 4.85. The van der Waals surface area contributed by atoms with E-state index in [0.717, 1.165) is 18.4 Å². The molecule has 0 aliphatic carbocycles. The number of benzene rings is 3. The van der Waals surface area contributed by atoms with Gasteiger partial charge in [0.15, 0.2) is 5.96 Å². The van der Waals surface area contributed by atoms with Crippen LogP contribution in [0.4, 0.5) is 5.69 Å². The predicted molar refractivity (Wildman–Crippen MR) is 138 cm³/mol. The highest BCUT2D eigenvalue weighted by atomic mass is 16.5. The van der Waals surface area contributed by atoms with Crippen LogP contribution in [-0.2, 0) is 22.4 Å². The van der Waals surface area contributed by atoms with E-state index in [9.17, 15) is 14.4 Å². The van der Waals surface area contributed by atoms with Crippen molar-refractivity contribution >= 4 is 29.5 Å². The fourth-order valence-corrected chi connectivity index (χ4v) is 3.07. The summed E-state index contributed by atoms with van der Waals surface area (Å²) < 4.78 is 5.29. The first-order valence-corrected chi connectivity index (χ1v) is 11.3. The van der Waals surface area contributed by atoms with Gasteiger partial charge in [0, 0.05) is 12.8 Å². The lowest BCUT2D eigenvalue weighted by Crippen LogP contribution is -2.21. The van der Waals surface area contributed by atoms with E-state index in [2.05, 4.69) is 4.99 Å². The number of carbonyl (C=O) groups is 3. The first-order valence-electron chi connectivity index (χ1n) is 11.3. The van der Waals surface area contributed by atoms with E-state index in [1.165, 1.54) is 5.56 Å². The highest BCUT2D eigenvalue weighted by Crippen LogP contribution is 2.17. The molecule has 0 atom stereocenters. The summed E-state index contributed by atoms with van der Waals surface area (Å²) in [7, 11) is 0. The van der Waals surface area contributed by atoms with Crippen LogP contribution in [0, 0.1) is 0 Å². The van der Waals surface area contributed by atoms with Crippen LogP contribution < -0.4 is 21.9 Å². The number of aliphatic imine (C=N–C) groups is 1. The molecule has 0 unspecified atom stereocenters. The van der Waals surface area contributed by atoms with Gasteiger partial charge >= 0.3 is 11.9 Å². The molecule has 9 nitrogen and oxygen atoms in total. The number of carboxylic acid groups (broad SMARTS) is 1. The van der Waals surface area contributed by atoms with Crippen LogP contribution in [0.3, 0.4) is 0 Å². The molecule has 188 valence electrons. The maximum absolute atomic E-state index is 12.1. The van der Waals surface area contributed by atoms with Crippen molar-refractivity contribution in [1.29, 1.82) is 0 Å². The molecule has 0 heterocycles. The minimum absolute atomic E-state index is 0.0539. The number of ether oxygens (including phenoxy) is 1. The third kappa shape index (κ3) is 11.0. The summed E-state index contributed by atoms with van der Waals surface area (Å²) in [5.41, 5.74) is 18.7. The maximum atomic E-state index is 12.1. The van der Waals surface area contributed by atoms with E-state index in [0.29, 0.717) is 23.4 Å². The number of aryl methyl sites for hydroxylation is 2. The summed E-state index contributed by atoms with van der Waals surface area (Å²) in [6.07, 6.45) is 2.67. The zero-order valence-corrected chi connectivity index (χ0v) is 19.8. The molecule has 0 saturated heterocycles. The number of esters is 1. The molecule has 0 aromatic heterocycles. The van der Waals surface area contributed by atoms with Crippen LogP contribution in [-0.4, -0.2) is 28.9 Å². The maximum Gasteiger partial charge on any atom is 0.343 e. The molecule has 9 heteroatoms. The zero-order valence-electron chi connectivity index (χ0n) is 19.8. The molecule has 0 saturated carbocycles.